The summed E-state index contributed by atoms with van der Waals surface area (Å²) in [5.74, 6) is -1.53. The third-order valence-electron chi connectivity index (χ3n) is 5.54. The topological polar surface area (TPSA) is 119 Å². The summed E-state index contributed by atoms with van der Waals surface area (Å²) < 4.78 is 27.8. The lowest BCUT2D eigenvalue weighted by atomic mass is 9.96. The average Bonchev–Trinajstić information content (AvgIpc) is 2.56. The predicted molar refractivity (Wildman–Crippen MR) is 118 cm³/mol. The summed E-state index contributed by atoms with van der Waals surface area (Å²) in [6.45, 7) is 14.2. The van der Waals surface area contributed by atoms with E-state index in [9.17, 15) is 5.53 Å². The van der Waals surface area contributed by atoms with Gasteiger partial charge in [-0.25, -0.2) is 0 Å². The molecule has 0 bridgehead atoms. The maximum atomic E-state index is 9.21. The van der Waals surface area contributed by atoms with Crippen LogP contribution >= 0.6 is 34.8 Å². The molecule has 2 fully saturated rings. The number of nitrogens with one attached hydrogen (secondary N) is 1. The SMILES string of the molecule is CC1(C)OC[C@H]2O[C@@H](OC(=N)C(Cl)(Cl)Cl)[C@H](N=[N+]=[N-])[C@@H](O[Si](C)(C)C(C)(C)C)[C@@H]2O1. The number of hydrogen-bond donors (Lipinski definition) is 1. The van der Waals surface area contributed by atoms with E-state index in [1.54, 1.807) is 13.8 Å². The van der Waals surface area contributed by atoms with Crippen LogP contribution in [0.2, 0.25) is 18.1 Å². The molecule has 0 radical (unpaired) electrons. The molecule has 0 aromatic carbocycles. The number of hydrogen-bond acceptors (Lipinski definition) is 7. The van der Waals surface area contributed by atoms with Crippen LogP contribution in [0.15, 0.2) is 5.11 Å². The van der Waals surface area contributed by atoms with Gasteiger partial charge in [0.05, 0.1) is 12.7 Å². The van der Waals surface area contributed by atoms with Crippen molar-refractivity contribution in [1.29, 1.82) is 5.41 Å². The van der Waals surface area contributed by atoms with Gasteiger partial charge in [0, 0.05) is 4.91 Å². The highest BCUT2D eigenvalue weighted by molar-refractivity contribution is 6.76. The maximum Gasteiger partial charge on any atom is 0.265 e. The molecule has 172 valence electrons. The van der Waals surface area contributed by atoms with Crippen LogP contribution in [-0.4, -0.2) is 61.0 Å². The van der Waals surface area contributed by atoms with Gasteiger partial charge in [-0.3, -0.25) is 5.41 Å². The first-order chi connectivity index (χ1) is 13.5. The van der Waals surface area contributed by atoms with Crippen molar-refractivity contribution in [3.63, 3.8) is 0 Å². The third-order valence-corrected chi connectivity index (χ3v) is 10.5. The van der Waals surface area contributed by atoms with Crippen molar-refractivity contribution in [2.24, 2.45) is 5.11 Å². The Balaban J connectivity index is 2.45. The Morgan fingerprint density at radius 2 is 1.87 bits per heavy atom. The lowest BCUT2D eigenvalue weighted by Crippen LogP contribution is -2.67. The van der Waals surface area contributed by atoms with Crippen LogP contribution in [0.4, 0.5) is 0 Å². The molecule has 5 atom stereocenters. The standard InChI is InChI=1S/C17H29Cl3N4O5Si/c1-15(2,3)30(6,7)29-12-10(23-24-22)13(27-14(21)17(18,19)20)26-9-8-25-16(4,5)28-11(9)12/h9-13,21H,8H2,1-7H3/t9-,10-,11-,12-,13+/m1/s1. The minimum atomic E-state index is -2.34. The summed E-state index contributed by atoms with van der Waals surface area (Å²) in [7, 11) is -2.34. The number of fused-ring (bicyclic) bond motifs is 1. The summed E-state index contributed by atoms with van der Waals surface area (Å²) in [4.78, 5) is 2.94. The highest BCUT2D eigenvalue weighted by Gasteiger charge is 2.55. The molecule has 0 aromatic rings. The molecule has 9 nitrogen and oxygen atoms in total. The van der Waals surface area contributed by atoms with Crippen LogP contribution in [0.3, 0.4) is 0 Å². The lowest BCUT2D eigenvalue weighted by Gasteiger charge is -2.52. The molecule has 13 heteroatoms. The Hall–Kier alpha value is -0.293. The summed E-state index contributed by atoms with van der Waals surface area (Å²) in [6.07, 6.45) is -3.10. The van der Waals surface area contributed by atoms with Crippen molar-refractivity contribution in [1.82, 2.24) is 0 Å². The summed E-state index contributed by atoms with van der Waals surface area (Å²) in [6, 6.07) is -0.980. The Bertz CT molecular complexity index is 706. The Kier molecular flexibility index (Phi) is 7.72. The zero-order chi connectivity index (χ0) is 23.1. The zero-order valence-corrected chi connectivity index (χ0v) is 21.4. The first-order valence-corrected chi connectivity index (χ1v) is 13.5. The van der Waals surface area contributed by atoms with E-state index < -0.39 is 54.4 Å². The number of rotatable bonds is 4. The van der Waals surface area contributed by atoms with E-state index in [0.717, 1.165) is 0 Å². The van der Waals surface area contributed by atoms with Crippen molar-refractivity contribution in [2.45, 2.75) is 93.0 Å². The van der Waals surface area contributed by atoms with E-state index >= 15 is 0 Å². The molecule has 2 rings (SSSR count). The molecule has 0 saturated carbocycles. The second-order valence-corrected chi connectivity index (χ2v) is 16.4. The van der Waals surface area contributed by atoms with Gasteiger partial charge >= 0.3 is 0 Å². The van der Waals surface area contributed by atoms with Crippen molar-refractivity contribution < 1.29 is 23.4 Å². The molecule has 0 aliphatic carbocycles. The van der Waals surface area contributed by atoms with Crippen LogP contribution in [-0.2, 0) is 23.4 Å². The second kappa shape index (κ2) is 8.92. The van der Waals surface area contributed by atoms with Gasteiger partial charge in [0.2, 0.25) is 12.2 Å². The van der Waals surface area contributed by atoms with Gasteiger partial charge in [-0.05, 0) is 37.5 Å². The molecule has 2 aliphatic heterocycles. The molecule has 2 saturated heterocycles. The fraction of sp³-hybridized carbons (Fsp3) is 0.941. The zero-order valence-electron chi connectivity index (χ0n) is 18.1. The van der Waals surface area contributed by atoms with E-state index in [2.05, 4.69) is 43.9 Å². The Morgan fingerprint density at radius 3 is 2.37 bits per heavy atom. The van der Waals surface area contributed by atoms with Crippen molar-refractivity contribution in [3.8, 4) is 0 Å². The van der Waals surface area contributed by atoms with Gasteiger partial charge in [0.15, 0.2) is 14.1 Å². The highest BCUT2D eigenvalue weighted by atomic mass is 35.6. The number of azide groups is 1. The van der Waals surface area contributed by atoms with Crippen LogP contribution in [0.25, 0.3) is 10.4 Å². The average molecular weight is 504 g/mol. The Morgan fingerprint density at radius 1 is 1.27 bits per heavy atom. The van der Waals surface area contributed by atoms with Crippen LogP contribution in [0, 0.1) is 5.41 Å². The molecule has 2 heterocycles. The van der Waals surface area contributed by atoms with Crippen LogP contribution in [0.5, 0.6) is 0 Å². The fourth-order valence-corrected chi connectivity index (χ4v) is 4.37. The molecule has 0 unspecified atom stereocenters. The molecular weight excluding hydrogens is 475 g/mol. The molecule has 0 amide bonds. The van der Waals surface area contributed by atoms with Gasteiger partial charge < -0.3 is 23.4 Å². The molecule has 30 heavy (non-hydrogen) atoms. The number of halogens is 3. The molecule has 0 aromatic heterocycles. The van der Waals surface area contributed by atoms with E-state index in [0.29, 0.717) is 0 Å². The number of nitrogens with zero attached hydrogens (tertiary/aromatic N) is 3. The summed E-state index contributed by atoms with van der Waals surface area (Å²) in [5.41, 5.74) is 9.21. The molecular formula is C17H29Cl3N4O5Si. The number of alkyl halides is 3. The summed E-state index contributed by atoms with van der Waals surface area (Å²) >= 11 is 17.3. The molecule has 1 N–H and O–H groups in total. The van der Waals surface area contributed by atoms with E-state index in [1.165, 1.54) is 0 Å². The second-order valence-electron chi connectivity index (χ2n) is 9.32. The minimum Gasteiger partial charge on any atom is -0.448 e. The first kappa shape index (κ1) is 26.0. The van der Waals surface area contributed by atoms with E-state index in [1.807, 2.05) is 0 Å². The fourth-order valence-electron chi connectivity index (χ4n) is 2.93. The summed E-state index contributed by atoms with van der Waals surface area (Å²) in [5, 5.41) is 11.7. The van der Waals surface area contributed by atoms with Gasteiger partial charge in [-0.1, -0.05) is 60.7 Å². The number of ether oxygens (including phenoxy) is 4. The van der Waals surface area contributed by atoms with Gasteiger partial charge in [0.1, 0.15) is 18.2 Å². The maximum absolute atomic E-state index is 9.21. The highest BCUT2D eigenvalue weighted by Crippen LogP contribution is 2.42. The normalized spacial score (nSPS) is 32.0. The van der Waals surface area contributed by atoms with E-state index in [4.69, 9.17) is 63.6 Å². The van der Waals surface area contributed by atoms with Gasteiger partial charge in [0.25, 0.3) is 3.79 Å². The van der Waals surface area contributed by atoms with Crippen LogP contribution < -0.4 is 0 Å². The smallest absolute Gasteiger partial charge is 0.265 e. The molecule has 2 aliphatic rings. The quantitative estimate of drug-likeness (QED) is 0.106. The largest absolute Gasteiger partial charge is 0.448 e. The van der Waals surface area contributed by atoms with Crippen molar-refractivity contribution in [2.75, 3.05) is 6.61 Å². The van der Waals surface area contributed by atoms with Crippen molar-refractivity contribution >= 4 is 49.0 Å². The third kappa shape index (κ3) is 5.93. The Labute approximate surface area is 192 Å². The first-order valence-electron chi connectivity index (χ1n) is 9.50. The van der Waals surface area contributed by atoms with E-state index in [-0.39, 0.29) is 11.6 Å². The van der Waals surface area contributed by atoms with Gasteiger partial charge in [-0.2, -0.15) is 0 Å². The van der Waals surface area contributed by atoms with Crippen LogP contribution in [0.1, 0.15) is 34.6 Å². The van der Waals surface area contributed by atoms with Crippen molar-refractivity contribution in [3.05, 3.63) is 10.4 Å². The molecule has 0 spiro atoms. The lowest BCUT2D eigenvalue weighted by molar-refractivity contribution is -0.359. The monoisotopic (exact) mass is 502 g/mol. The minimum absolute atomic E-state index is 0.122. The predicted octanol–water partition coefficient (Wildman–Crippen LogP) is 5.30. The van der Waals surface area contributed by atoms with Gasteiger partial charge in [-0.15, -0.1) is 0 Å².